The number of nitrogens with one attached hydrogen (secondary N) is 1. The summed E-state index contributed by atoms with van der Waals surface area (Å²) in [5.41, 5.74) is 4.49. The van der Waals surface area contributed by atoms with Gasteiger partial charge < -0.3 is 20.9 Å². The molecule has 1 amide bonds. The van der Waals surface area contributed by atoms with Crippen LogP contribution in [-0.2, 0) is 19.1 Å². The first kappa shape index (κ1) is 35.1. The lowest BCUT2D eigenvalue weighted by atomic mass is 9.44. The van der Waals surface area contributed by atoms with Gasteiger partial charge in [0.15, 0.2) is 0 Å². The van der Waals surface area contributed by atoms with E-state index in [1.54, 1.807) is 0 Å². The van der Waals surface area contributed by atoms with Gasteiger partial charge in [-0.15, -0.1) is 30.7 Å². The number of thioether (sulfide) groups is 1. The van der Waals surface area contributed by atoms with Gasteiger partial charge in [-0.2, -0.15) is 0 Å². The van der Waals surface area contributed by atoms with E-state index in [0.29, 0.717) is 19.4 Å². The van der Waals surface area contributed by atoms with Crippen LogP contribution in [0, 0.1) is 39.9 Å². The van der Waals surface area contributed by atoms with Gasteiger partial charge >= 0.3 is 5.97 Å². The summed E-state index contributed by atoms with van der Waals surface area (Å²) >= 11 is 1.43. The largest absolute Gasteiger partial charge is 0.461 e. The predicted octanol–water partition coefficient (Wildman–Crippen LogP) is 4.93. The monoisotopic (exact) mass is 600 g/mol. The first-order chi connectivity index (χ1) is 17.9. The molecule has 3 fully saturated rings. The zero-order chi connectivity index (χ0) is 29.6. The summed E-state index contributed by atoms with van der Waals surface area (Å²) in [6.07, 6.45) is 4.17. The third kappa shape index (κ3) is 6.30. The highest BCUT2D eigenvalue weighted by Crippen LogP contribution is 2.68. The maximum Gasteiger partial charge on any atom is 0.316 e. The van der Waals surface area contributed by atoms with E-state index < -0.39 is 33.8 Å². The molecule has 0 radical (unpaired) electrons. The minimum absolute atomic E-state index is 0. The second kappa shape index (κ2) is 12.6. The molecular weight excluding hydrogens is 548 g/mol. The van der Waals surface area contributed by atoms with Crippen LogP contribution in [0.5, 0.6) is 0 Å². The van der Waals surface area contributed by atoms with Crippen LogP contribution in [0.3, 0.4) is 0 Å². The molecular formula is C31H53ClN2O5S. The third-order valence-corrected chi connectivity index (χ3v) is 12.2. The molecule has 3 rings (SSSR count). The highest BCUT2D eigenvalue weighted by atomic mass is 35.5. The smallest absolute Gasteiger partial charge is 0.316 e. The Hall–Kier alpha value is -1.09. The number of amides is 1. The molecule has 0 aromatic rings. The number of carbonyl (C=O) groups is 3. The summed E-state index contributed by atoms with van der Waals surface area (Å²) < 4.78 is 5.92. The van der Waals surface area contributed by atoms with E-state index >= 15 is 0 Å². The van der Waals surface area contributed by atoms with Crippen LogP contribution in [0.25, 0.3) is 0 Å². The Labute approximate surface area is 252 Å². The summed E-state index contributed by atoms with van der Waals surface area (Å²) in [5.74, 6) is -0.243. The number of carbonyl (C=O) groups excluding carboxylic acids is 3. The number of esters is 1. The summed E-state index contributed by atoms with van der Waals surface area (Å²) in [4.78, 5) is 39.2. The van der Waals surface area contributed by atoms with Crippen LogP contribution in [0.15, 0.2) is 12.7 Å². The molecule has 0 saturated heterocycles. The SMILES string of the molecule is C=C[C@]1(C)C[C@@H](OC(=O)CSC(C)(C)CNC(=O)[C@H](N)C(C)C)C2(C)[C@H](C)CCC3(CCC(=O)[C@H]32)[C@@H](C)[C@@H]1O.Cl. The number of aliphatic hydroxyl groups is 1. The summed E-state index contributed by atoms with van der Waals surface area (Å²) in [7, 11) is 0. The predicted molar refractivity (Wildman–Crippen MR) is 164 cm³/mol. The fraction of sp³-hybridized carbons (Fsp3) is 0.839. The van der Waals surface area contributed by atoms with Crippen molar-refractivity contribution in [3.05, 3.63) is 12.7 Å². The molecule has 3 saturated carbocycles. The Bertz CT molecular complexity index is 975. The van der Waals surface area contributed by atoms with Crippen molar-refractivity contribution in [2.24, 2.45) is 45.7 Å². The molecule has 230 valence electrons. The normalized spacial score (nSPS) is 38.4. The molecule has 9 heteroatoms. The molecule has 0 aromatic heterocycles. The van der Waals surface area contributed by atoms with Gasteiger partial charge in [0.25, 0.3) is 0 Å². The Balaban J connectivity index is 0.00000560. The lowest BCUT2D eigenvalue weighted by Crippen LogP contribution is -2.63. The minimum atomic E-state index is -0.684. The van der Waals surface area contributed by atoms with E-state index in [-0.39, 0.29) is 64.9 Å². The van der Waals surface area contributed by atoms with Crippen LogP contribution < -0.4 is 11.1 Å². The van der Waals surface area contributed by atoms with Gasteiger partial charge in [0, 0.05) is 34.5 Å². The number of nitrogens with two attached hydrogens (primary N) is 1. The number of hydrogen-bond donors (Lipinski definition) is 3. The molecule has 0 aliphatic heterocycles. The fourth-order valence-corrected chi connectivity index (χ4v) is 8.47. The van der Waals surface area contributed by atoms with Crippen molar-refractivity contribution in [1.29, 1.82) is 0 Å². The average molecular weight is 601 g/mol. The van der Waals surface area contributed by atoms with Gasteiger partial charge in [0.2, 0.25) is 5.91 Å². The summed E-state index contributed by atoms with van der Waals surface area (Å²) in [6.45, 7) is 20.7. The number of ether oxygens (including phenoxy) is 1. The Morgan fingerprint density at radius 2 is 1.90 bits per heavy atom. The molecule has 3 aliphatic rings. The Morgan fingerprint density at radius 3 is 2.48 bits per heavy atom. The maximum absolute atomic E-state index is 13.5. The van der Waals surface area contributed by atoms with E-state index in [1.807, 2.05) is 40.7 Å². The molecule has 3 aliphatic carbocycles. The number of aliphatic hydroxyl groups excluding tert-OH is 1. The van der Waals surface area contributed by atoms with Crippen LogP contribution in [0.1, 0.15) is 87.5 Å². The Kier molecular flexibility index (Phi) is 11.1. The van der Waals surface area contributed by atoms with E-state index in [9.17, 15) is 19.5 Å². The van der Waals surface area contributed by atoms with Crippen LogP contribution >= 0.6 is 24.2 Å². The van der Waals surface area contributed by atoms with Crippen molar-refractivity contribution in [2.45, 2.75) is 110 Å². The molecule has 2 bridgehead atoms. The zero-order valence-electron chi connectivity index (χ0n) is 25.7. The molecule has 2 unspecified atom stereocenters. The number of hydrogen-bond acceptors (Lipinski definition) is 7. The van der Waals surface area contributed by atoms with Crippen molar-refractivity contribution < 1.29 is 24.2 Å². The van der Waals surface area contributed by atoms with Crippen molar-refractivity contribution in [3.8, 4) is 0 Å². The lowest BCUT2D eigenvalue weighted by molar-refractivity contribution is -0.205. The van der Waals surface area contributed by atoms with E-state index in [0.717, 1.165) is 19.3 Å². The highest BCUT2D eigenvalue weighted by Gasteiger charge is 2.68. The van der Waals surface area contributed by atoms with Crippen molar-refractivity contribution in [2.75, 3.05) is 12.3 Å². The zero-order valence-corrected chi connectivity index (χ0v) is 27.4. The fourth-order valence-electron chi connectivity index (χ4n) is 7.72. The van der Waals surface area contributed by atoms with Crippen molar-refractivity contribution >= 4 is 41.8 Å². The molecule has 0 aromatic carbocycles. The van der Waals surface area contributed by atoms with Gasteiger partial charge in [-0.05, 0) is 62.7 Å². The van der Waals surface area contributed by atoms with Gasteiger partial charge in [0.1, 0.15) is 11.9 Å². The Morgan fingerprint density at radius 1 is 1.27 bits per heavy atom. The second-order valence-electron chi connectivity index (χ2n) is 14.1. The van der Waals surface area contributed by atoms with Crippen LogP contribution in [0.2, 0.25) is 0 Å². The van der Waals surface area contributed by atoms with Gasteiger partial charge in [-0.3, -0.25) is 14.4 Å². The molecule has 9 atom stereocenters. The number of halogens is 1. The highest BCUT2D eigenvalue weighted by molar-refractivity contribution is 8.01. The lowest BCUT2D eigenvalue weighted by Gasteiger charge is -2.61. The summed E-state index contributed by atoms with van der Waals surface area (Å²) in [6, 6.07) is -0.573. The van der Waals surface area contributed by atoms with Gasteiger partial charge in [0.05, 0.1) is 17.9 Å². The average Bonchev–Trinajstić information content (AvgIpc) is 3.24. The van der Waals surface area contributed by atoms with Crippen molar-refractivity contribution in [3.63, 3.8) is 0 Å². The molecule has 7 nitrogen and oxygen atoms in total. The van der Waals surface area contributed by atoms with E-state index in [4.69, 9.17) is 10.5 Å². The topological polar surface area (TPSA) is 119 Å². The number of rotatable bonds is 9. The summed E-state index contributed by atoms with van der Waals surface area (Å²) in [5, 5.41) is 14.6. The van der Waals surface area contributed by atoms with Gasteiger partial charge in [-0.1, -0.05) is 47.6 Å². The number of Topliss-reactive ketones (excluding diaryl/α,β-unsaturated/α-hetero) is 1. The van der Waals surface area contributed by atoms with Crippen LogP contribution in [0.4, 0.5) is 0 Å². The second-order valence-corrected chi connectivity index (χ2v) is 15.8. The molecule has 40 heavy (non-hydrogen) atoms. The molecule has 4 N–H and O–H groups in total. The van der Waals surface area contributed by atoms with Gasteiger partial charge in [-0.25, -0.2) is 0 Å². The van der Waals surface area contributed by atoms with Crippen molar-refractivity contribution in [1.82, 2.24) is 5.32 Å². The third-order valence-electron chi connectivity index (χ3n) is 10.9. The minimum Gasteiger partial charge on any atom is -0.461 e. The first-order valence-electron chi connectivity index (χ1n) is 14.7. The standard InChI is InChI=1S/C31H52N2O5S.ClH/c1-10-29(8)15-22(38-23(35)16-39-28(6,7)17-33-27(37)24(32)18(2)3)30(9)19(4)11-13-31(20(5)26(29)36)14-12-21(34)25(30)31;/h10,18-20,22,24-26,36H,1,11-17,32H2,2-9H3,(H,33,37);1H/t19-,20+,22-,24-,25+,26+,29-,30?,31?;/m1./s1. The first-order valence-corrected chi connectivity index (χ1v) is 15.6. The van der Waals surface area contributed by atoms with E-state index in [2.05, 4.69) is 32.7 Å². The number of ketones is 1. The van der Waals surface area contributed by atoms with Crippen LogP contribution in [-0.4, -0.2) is 58.1 Å². The quantitative estimate of drug-likeness (QED) is 0.254. The maximum atomic E-state index is 13.5. The molecule has 0 heterocycles. The molecule has 0 spiro atoms. The van der Waals surface area contributed by atoms with E-state index in [1.165, 1.54) is 11.8 Å².